The van der Waals surface area contributed by atoms with Crippen LogP contribution in [0.4, 0.5) is 0 Å². The van der Waals surface area contributed by atoms with Crippen LogP contribution in [0.25, 0.3) is 0 Å². The number of hydrogen-bond donors (Lipinski definition) is 2. The summed E-state index contributed by atoms with van der Waals surface area (Å²) in [5.74, 6) is 3.82. The van der Waals surface area contributed by atoms with Crippen LogP contribution >= 0.6 is 7.82 Å². The molecule has 2 N–H and O–H groups in total. The normalized spacial score (nSPS) is 13.1. The third kappa shape index (κ3) is 27.6. The third-order valence-corrected chi connectivity index (χ3v) is 13.1. The van der Waals surface area contributed by atoms with E-state index in [9.17, 15) is 19.0 Å². The predicted octanol–water partition coefficient (Wildman–Crippen LogP) is 13.7. The molecule has 0 aliphatic heterocycles. The van der Waals surface area contributed by atoms with Gasteiger partial charge in [-0.05, 0) is 89.1 Å². The second-order valence-electron chi connectivity index (χ2n) is 17.8. The Bertz CT molecular complexity index is 1520. The number of phosphoric ester groups is 1. The SMILES string of the molecule is CCCCCc1cc(C)c(CCCCCCCCCCC(=O)OC[C@H](COP(=O)(O)OCCNC)OC(=O)CCCCCCCCCCCCc2oc(CCCCC)c(C)c2C)o1. The number of rotatable bonds is 42. The van der Waals surface area contributed by atoms with Gasteiger partial charge in [0.2, 0.25) is 0 Å². The number of ether oxygens (including phenoxy) is 2. The number of carbonyl (C=O) groups excluding carboxylic acids is 2. The molecule has 2 atom stereocenters. The van der Waals surface area contributed by atoms with E-state index in [-0.39, 0.29) is 32.0 Å². The second kappa shape index (κ2) is 35.8. The quantitative estimate of drug-likeness (QED) is 0.0373. The van der Waals surface area contributed by atoms with Crippen LogP contribution in [0.15, 0.2) is 14.9 Å². The second-order valence-corrected chi connectivity index (χ2v) is 19.2. The molecule has 63 heavy (non-hydrogen) atoms. The summed E-state index contributed by atoms with van der Waals surface area (Å²) in [6.45, 7) is 10.7. The van der Waals surface area contributed by atoms with Crippen molar-refractivity contribution in [2.24, 2.45) is 0 Å². The highest BCUT2D eigenvalue weighted by atomic mass is 31.2. The number of aryl methyl sites for hydroxylation is 5. The van der Waals surface area contributed by atoms with Gasteiger partial charge in [-0.15, -0.1) is 0 Å². The molecule has 0 amide bonds. The molecule has 2 heterocycles. The Morgan fingerprint density at radius 2 is 1.06 bits per heavy atom. The molecule has 2 rings (SSSR count). The average molecular weight is 908 g/mol. The van der Waals surface area contributed by atoms with Crippen LogP contribution in [-0.4, -0.2) is 56.3 Å². The maximum atomic E-state index is 12.7. The van der Waals surface area contributed by atoms with Crippen LogP contribution in [0, 0.1) is 20.8 Å². The minimum atomic E-state index is -4.37. The third-order valence-electron chi connectivity index (χ3n) is 12.1. The number of carbonyl (C=O) groups is 2. The molecule has 364 valence electrons. The number of unbranched alkanes of at least 4 members (excludes halogenated alkanes) is 20. The summed E-state index contributed by atoms with van der Waals surface area (Å²) in [7, 11) is -2.67. The number of nitrogens with one attached hydrogen (secondary N) is 1. The van der Waals surface area contributed by atoms with Gasteiger partial charge in [0.05, 0.1) is 13.2 Å². The first-order valence-electron chi connectivity index (χ1n) is 25.3. The highest BCUT2D eigenvalue weighted by Crippen LogP contribution is 2.43. The average Bonchev–Trinajstić information content (AvgIpc) is 3.75. The fraction of sp³-hybridized carbons (Fsp3) is 0.804. The van der Waals surface area contributed by atoms with E-state index in [1.807, 2.05) is 0 Å². The van der Waals surface area contributed by atoms with Crippen LogP contribution in [0.3, 0.4) is 0 Å². The lowest BCUT2D eigenvalue weighted by Crippen LogP contribution is -2.29. The van der Waals surface area contributed by atoms with Gasteiger partial charge in [0.15, 0.2) is 6.10 Å². The van der Waals surface area contributed by atoms with Gasteiger partial charge in [-0.2, -0.15) is 0 Å². The number of phosphoric acid groups is 1. The topological polar surface area (TPSA) is 147 Å². The van der Waals surface area contributed by atoms with Gasteiger partial charge in [-0.3, -0.25) is 18.6 Å². The lowest BCUT2D eigenvalue weighted by Gasteiger charge is -2.20. The zero-order chi connectivity index (χ0) is 46.0. The molecule has 0 spiro atoms. The molecule has 12 heteroatoms. The van der Waals surface area contributed by atoms with E-state index in [4.69, 9.17) is 27.4 Å². The minimum absolute atomic E-state index is 0.0266. The van der Waals surface area contributed by atoms with E-state index in [1.54, 1.807) is 7.05 Å². The number of esters is 2. The van der Waals surface area contributed by atoms with Gasteiger partial charge in [-0.1, -0.05) is 129 Å². The zero-order valence-electron chi connectivity index (χ0n) is 40.8. The Hall–Kier alpha value is -2.43. The summed E-state index contributed by atoms with van der Waals surface area (Å²) in [5, 5.41) is 2.83. The number of hydrogen-bond acceptors (Lipinski definition) is 10. The van der Waals surface area contributed by atoms with Crippen LogP contribution in [0.2, 0.25) is 0 Å². The molecule has 0 bridgehead atoms. The highest BCUT2D eigenvalue weighted by Gasteiger charge is 2.26. The summed E-state index contributed by atoms with van der Waals surface area (Å²) in [6, 6.07) is 2.21. The van der Waals surface area contributed by atoms with Crippen molar-refractivity contribution in [1.29, 1.82) is 0 Å². The molecule has 0 saturated heterocycles. The maximum absolute atomic E-state index is 12.7. The van der Waals surface area contributed by atoms with E-state index in [0.29, 0.717) is 13.0 Å². The van der Waals surface area contributed by atoms with Gasteiger partial charge in [0.25, 0.3) is 0 Å². The van der Waals surface area contributed by atoms with Crippen LogP contribution < -0.4 is 5.32 Å². The van der Waals surface area contributed by atoms with Crippen LogP contribution in [0.1, 0.15) is 221 Å². The Morgan fingerprint density at radius 1 is 0.603 bits per heavy atom. The maximum Gasteiger partial charge on any atom is 0.472 e. The smallest absolute Gasteiger partial charge is 0.466 e. The summed E-state index contributed by atoms with van der Waals surface area (Å²) >= 11 is 0. The molecule has 0 aromatic carbocycles. The lowest BCUT2D eigenvalue weighted by atomic mass is 10.0. The lowest BCUT2D eigenvalue weighted by molar-refractivity contribution is -0.161. The molecule has 0 radical (unpaired) electrons. The Kier molecular flexibility index (Phi) is 32.2. The minimum Gasteiger partial charge on any atom is -0.466 e. The first-order chi connectivity index (χ1) is 30.5. The molecule has 0 saturated carbocycles. The predicted molar refractivity (Wildman–Crippen MR) is 254 cm³/mol. The van der Waals surface area contributed by atoms with E-state index >= 15 is 0 Å². The van der Waals surface area contributed by atoms with Crippen LogP contribution in [0.5, 0.6) is 0 Å². The molecule has 0 aliphatic rings. The van der Waals surface area contributed by atoms with Gasteiger partial charge in [0.1, 0.15) is 29.6 Å². The van der Waals surface area contributed by atoms with Crippen molar-refractivity contribution in [3.63, 3.8) is 0 Å². The van der Waals surface area contributed by atoms with Gasteiger partial charge < -0.3 is 28.5 Å². The van der Waals surface area contributed by atoms with Crippen molar-refractivity contribution >= 4 is 19.8 Å². The fourth-order valence-corrected chi connectivity index (χ4v) is 8.68. The Balaban J connectivity index is 1.56. The molecular formula is C51H90NO10P. The standard InChI is InChI=1S/C51H90NO10P/c1-7-9-25-31-45-39-42(3)47(60-45)32-27-21-17-15-16-19-23-29-35-50(53)57-40-46(41-59-63(55,56)58-38-37-52-6)61-51(54)36-30-24-20-14-12-11-13-18-22-28-34-49-44(5)43(4)48(62-49)33-26-10-8-2/h39,46,52H,7-38,40-41H2,1-6H3,(H,55,56)/t46-/m1/s1. The van der Waals surface area contributed by atoms with Crippen molar-refractivity contribution in [1.82, 2.24) is 5.32 Å². The first-order valence-corrected chi connectivity index (χ1v) is 26.8. The number of likely N-dealkylation sites (N-methyl/N-ethyl adjacent to an activating group) is 1. The summed E-state index contributed by atoms with van der Waals surface area (Å²) in [4.78, 5) is 35.4. The highest BCUT2D eigenvalue weighted by molar-refractivity contribution is 7.47. The van der Waals surface area contributed by atoms with E-state index in [0.717, 1.165) is 88.6 Å². The molecule has 2 aromatic rings. The Labute approximate surface area is 382 Å². The van der Waals surface area contributed by atoms with Gasteiger partial charge >= 0.3 is 19.8 Å². The van der Waals surface area contributed by atoms with Crippen molar-refractivity contribution < 1.29 is 46.4 Å². The van der Waals surface area contributed by atoms with Gasteiger partial charge in [-0.25, -0.2) is 4.57 Å². The van der Waals surface area contributed by atoms with Crippen molar-refractivity contribution in [3.05, 3.63) is 45.8 Å². The monoisotopic (exact) mass is 908 g/mol. The summed E-state index contributed by atoms with van der Waals surface area (Å²) < 4.78 is 45.8. The van der Waals surface area contributed by atoms with E-state index < -0.39 is 26.5 Å². The first kappa shape index (κ1) is 56.7. The summed E-state index contributed by atoms with van der Waals surface area (Å²) in [6.07, 6.45) is 30.6. The molecule has 2 aromatic heterocycles. The largest absolute Gasteiger partial charge is 0.472 e. The molecule has 0 fully saturated rings. The molecule has 1 unspecified atom stereocenters. The zero-order valence-corrected chi connectivity index (χ0v) is 41.7. The van der Waals surface area contributed by atoms with Crippen LogP contribution in [-0.2, 0) is 58.4 Å². The Morgan fingerprint density at radius 3 is 1.59 bits per heavy atom. The van der Waals surface area contributed by atoms with Crippen molar-refractivity contribution in [2.75, 3.05) is 33.4 Å². The van der Waals surface area contributed by atoms with E-state index in [2.05, 4.69) is 46.0 Å². The fourth-order valence-electron chi connectivity index (χ4n) is 7.92. The van der Waals surface area contributed by atoms with Gasteiger partial charge in [0, 0.05) is 45.1 Å². The molecule has 11 nitrogen and oxygen atoms in total. The van der Waals surface area contributed by atoms with Crippen molar-refractivity contribution in [3.8, 4) is 0 Å². The molecular weight excluding hydrogens is 818 g/mol. The van der Waals surface area contributed by atoms with Crippen molar-refractivity contribution in [2.45, 2.75) is 233 Å². The summed E-state index contributed by atoms with van der Waals surface area (Å²) in [5.41, 5.74) is 3.97. The molecule has 0 aliphatic carbocycles. The number of furan rings is 2. The van der Waals surface area contributed by atoms with E-state index in [1.165, 1.54) is 125 Å².